The van der Waals surface area contributed by atoms with Crippen LogP contribution in [0.15, 0.2) is 12.3 Å². The fourth-order valence-electron chi connectivity index (χ4n) is 0.909. The first-order chi connectivity index (χ1) is 5.29. The van der Waals surface area contributed by atoms with Crippen LogP contribution in [0.3, 0.4) is 0 Å². The summed E-state index contributed by atoms with van der Waals surface area (Å²) in [6.45, 7) is 0. The number of nitrogens with zero attached hydrogens (tertiary/aromatic N) is 2. The summed E-state index contributed by atoms with van der Waals surface area (Å²) in [5.41, 5.74) is 0.766. The molecular weight excluding hydrogens is 144 g/mol. The van der Waals surface area contributed by atoms with E-state index in [0.29, 0.717) is 0 Å². The van der Waals surface area contributed by atoms with Crippen LogP contribution < -0.4 is 0 Å². The minimum Gasteiger partial charge on any atom is -0.368 e. The van der Waals surface area contributed by atoms with Crippen molar-refractivity contribution in [2.75, 3.05) is 7.11 Å². The van der Waals surface area contributed by atoms with Gasteiger partial charge in [0, 0.05) is 20.4 Å². The normalized spacial score (nSPS) is 12.9. The van der Waals surface area contributed by atoms with Gasteiger partial charge in [0.2, 0.25) is 0 Å². The van der Waals surface area contributed by atoms with Crippen LogP contribution in [0, 0.1) is 0 Å². The number of rotatable bonds is 3. The second kappa shape index (κ2) is 3.30. The van der Waals surface area contributed by atoms with E-state index in [0.717, 1.165) is 12.0 Å². The van der Waals surface area contributed by atoms with E-state index in [1.165, 1.54) is 7.11 Å². The Morgan fingerprint density at radius 1 is 1.82 bits per heavy atom. The monoisotopic (exact) mass is 154 g/mol. The van der Waals surface area contributed by atoms with Gasteiger partial charge in [0.1, 0.15) is 0 Å². The third-order valence-electron chi connectivity index (χ3n) is 1.53. The van der Waals surface area contributed by atoms with Crippen LogP contribution in [0.25, 0.3) is 0 Å². The maximum absolute atomic E-state index is 10.4. The predicted octanol–water partition coefficient (Wildman–Crippen LogP) is 0.307. The SMILES string of the molecule is COC(C=O)c1ccnn1C. The Morgan fingerprint density at radius 2 is 2.55 bits per heavy atom. The maximum atomic E-state index is 10.4. The lowest BCUT2D eigenvalue weighted by molar-refractivity contribution is -0.117. The minimum absolute atomic E-state index is 0.498. The zero-order valence-electron chi connectivity index (χ0n) is 6.52. The number of aryl methyl sites for hydroxylation is 1. The number of hydrogen-bond acceptors (Lipinski definition) is 3. The van der Waals surface area contributed by atoms with Gasteiger partial charge >= 0.3 is 0 Å². The van der Waals surface area contributed by atoms with Gasteiger partial charge in [-0.3, -0.25) is 4.68 Å². The Balaban J connectivity index is 2.89. The summed E-state index contributed by atoms with van der Waals surface area (Å²) in [6.07, 6.45) is 1.88. The summed E-state index contributed by atoms with van der Waals surface area (Å²) in [4.78, 5) is 10.4. The molecule has 4 heteroatoms. The van der Waals surface area contributed by atoms with E-state index < -0.39 is 6.10 Å². The predicted molar refractivity (Wildman–Crippen MR) is 39.0 cm³/mol. The first kappa shape index (κ1) is 7.94. The average molecular weight is 154 g/mol. The highest BCUT2D eigenvalue weighted by molar-refractivity contribution is 5.58. The number of aromatic nitrogens is 2. The Bertz CT molecular complexity index is 244. The number of carbonyl (C=O) groups excluding carboxylic acids is 1. The van der Waals surface area contributed by atoms with Gasteiger partial charge in [0.25, 0.3) is 0 Å². The summed E-state index contributed by atoms with van der Waals surface area (Å²) >= 11 is 0. The quantitative estimate of drug-likeness (QED) is 0.588. The third-order valence-corrected chi connectivity index (χ3v) is 1.53. The second-order valence-electron chi connectivity index (χ2n) is 2.17. The van der Waals surface area contributed by atoms with Gasteiger partial charge < -0.3 is 9.53 Å². The minimum atomic E-state index is -0.498. The van der Waals surface area contributed by atoms with Gasteiger partial charge in [-0.2, -0.15) is 5.10 Å². The number of hydrogen-bond donors (Lipinski definition) is 0. The molecule has 1 heterocycles. The number of ether oxygens (including phenoxy) is 1. The standard InChI is InChI=1S/C7H10N2O2/c1-9-6(3-4-8-9)7(5-10)11-2/h3-5,7H,1-2H3. The molecule has 0 bridgehead atoms. The van der Waals surface area contributed by atoms with Crippen LogP contribution in [0.1, 0.15) is 11.8 Å². The molecule has 1 rings (SSSR count). The first-order valence-corrected chi connectivity index (χ1v) is 3.25. The molecular formula is C7H10N2O2. The smallest absolute Gasteiger partial charge is 0.154 e. The van der Waals surface area contributed by atoms with E-state index in [4.69, 9.17) is 4.74 Å². The fourth-order valence-corrected chi connectivity index (χ4v) is 0.909. The third kappa shape index (κ3) is 1.46. The van der Waals surface area contributed by atoms with Gasteiger partial charge in [-0.05, 0) is 6.07 Å². The van der Waals surface area contributed by atoms with Gasteiger partial charge in [-0.25, -0.2) is 0 Å². The van der Waals surface area contributed by atoms with Crippen molar-refractivity contribution >= 4 is 6.29 Å². The first-order valence-electron chi connectivity index (χ1n) is 3.25. The van der Waals surface area contributed by atoms with E-state index in [2.05, 4.69) is 5.10 Å². The molecule has 0 aliphatic carbocycles. The maximum Gasteiger partial charge on any atom is 0.154 e. The van der Waals surface area contributed by atoms with Crippen LogP contribution in [0.4, 0.5) is 0 Å². The molecule has 1 aromatic rings. The zero-order chi connectivity index (χ0) is 8.27. The number of methoxy groups -OCH3 is 1. The van der Waals surface area contributed by atoms with Crippen LogP contribution in [0.2, 0.25) is 0 Å². The van der Waals surface area contributed by atoms with Crippen molar-refractivity contribution in [2.24, 2.45) is 7.05 Å². The molecule has 0 radical (unpaired) electrons. The Hall–Kier alpha value is -1.16. The zero-order valence-corrected chi connectivity index (χ0v) is 6.52. The molecule has 0 aromatic carbocycles. The highest BCUT2D eigenvalue weighted by Gasteiger charge is 2.11. The molecule has 1 atom stereocenters. The molecule has 0 saturated carbocycles. The second-order valence-corrected chi connectivity index (χ2v) is 2.17. The van der Waals surface area contributed by atoms with Crippen LogP contribution >= 0.6 is 0 Å². The summed E-state index contributed by atoms with van der Waals surface area (Å²) in [7, 11) is 3.26. The van der Waals surface area contributed by atoms with E-state index in [-0.39, 0.29) is 0 Å². The molecule has 0 saturated heterocycles. The molecule has 1 aromatic heterocycles. The molecule has 0 aliphatic rings. The number of aldehydes is 1. The topological polar surface area (TPSA) is 44.1 Å². The van der Waals surface area contributed by atoms with E-state index >= 15 is 0 Å². The van der Waals surface area contributed by atoms with Gasteiger partial charge in [0.15, 0.2) is 12.4 Å². The molecule has 60 valence electrons. The van der Waals surface area contributed by atoms with E-state index in [1.54, 1.807) is 24.0 Å². The Morgan fingerprint density at radius 3 is 2.91 bits per heavy atom. The van der Waals surface area contributed by atoms with Crippen molar-refractivity contribution < 1.29 is 9.53 Å². The molecule has 1 unspecified atom stereocenters. The van der Waals surface area contributed by atoms with E-state index in [9.17, 15) is 4.79 Å². The van der Waals surface area contributed by atoms with Crippen molar-refractivity contribution in [3.05, 3.63) is 18.0 Å². The molecule has 0 spiro atoms. The van der Waals surface area contributed by atoms with Crippen LogP contribution in [-0.2, 0) is 16.6 Å². The van der Waals surface area contributed by atoms with Gasteiger partial charge in [-0.1, -0.05) is 0 Å². The highest BCUT2D eigenvalue weighted by atomic mass is 16.5. The largest absolute Gasteiger partial charge is 0.368 e. The molecule has 0 fully saturated rings. The summed E-state index contributed by atoms with van der Waals surface area (Å²) in [5, 5.41) is 3.91. The van der Waals surface area contributed by atoms with Crippen molar-refractivity contribution in [1.29, 1.82) is 0 Å². The molecule has 11 heavy (non-hydrogen) atoms. The van der Waals surface area contributed by atoms with Crippen molar-refractivity contribution in [1.82, 2.24) is 9.78 Å². The van der Waals surface area contributed by atoms with Crippen molar-refractivity contribution in [2.45, 2.75) is 6.10 Å². The molecule has 0 aliphatic heterocycles. The molecule has 0 N–H and O–H groups in total. The van der Waals surface area contributed by atoms with Crippen molar-refractivity contribution in [3.8, 4) is 0 Å². The van der Waals surface area contributed by atoms with Gasteiger partial charge in [0.05, 0.1) is 5.69 Å². The molecule has 4 nitrogen and oxygen atoms in total. The van der Waals surface area contributed by atoms with Crippen molar-refractivity contribution in [3.63, 3.8) is 0 Å². The Kier molecular flexibility index (Phi) is 2.38. The highest BCUT2D eigenvalue weighted by Crippen LogP contribution is 2.11. The van der Waals surface area contributed by atoms with Crippen LogP contribution in [0.5, 0.6) is 0 Å². The number of carbonyl (C=O) groups is 1. The summed E-state index contributed by atoms with van der Waals surface area (Å²) in [6, 6.07) is 1.75. The molecule has 0 amide bonds. The lowest BCUT2D eigenvalue weighted by atomic mass is 10.3. The lowest BCUT2D eigenvalue weighted by Crippen LogP contribution is -2.08. The Labute approximate surface area is 64.8 Å². The summed E-state index contributed by atoms with van der Waals surface area (Å²) < 4.78 is 6.51. The fraction of sp³-hybridized carbons (Fsp3) is 0.429. The summed E-state index contributed by atoms with van der Waals surface area (Å²) in [5.74, 6) is 0. The van der Waals surface area contributed by atoms with E-state index in [1.807, 2.05) is 0 Å². The average Bonchev–Trinajstić information content (AvgIpc) is 2.40. The van der Waals surface area contributed by atoms with Crippen LogP contribution in [-0.4, -0.2) is 23.2 Å². The lowest BCUT2D eigenvalue weighted by Gasteiger charge is -2.07. The van der Waals surface area contributed by atoms with Gasteiger partial charge in [-0.15, -0.1) is 0 Å².